The summed E-state index contributed by atoms with van der Waals surface area (Å²) in [7, 11) is -3.62. The van der Waals surface area contributed by atoms with Crippen LogP contribution in [0.4, 0.5) is 10.5 Å². The molecule has 0 atom stereocenters. The number of benzene rings is 1. The molecule has 2 amide bonds. The number of carbonyl (C=O) groups is 2. The largest absolute Gasteiger partial charge is 0.450 e. The maximum absolute atomic E-state index is 12.7. The van der Waals surface area contributed by atoms with Gasteiger partial charge in [-0.2, -0.15) is 0 Å². The summed E-state index contributed by atoms with van der Waals surface area (Å²) in [6.45, 7) is 6.98. The minimum Gasteiger partial charge on any atom is -0.450 e. The average Bonchev–Trinajstić information content (AvgIpc) is 2.58. The molecule has 0 saturated carbocycles. The number of hydrogen-bond donors (Lipinski definition) is 0. The summed E-state index contributed by atoms with van der Waals surface area (Å²) < 4.78 is 30.6. The van der Waals surface area contributed by atoms with Gasteiger partial charge < -0.3 is 14.5 Å². The fourth-order valence-electron chi connectivity index (χ4n) is 3.07. The van der Waals surface area contributed by atoms with Crippen molar-refractivity contribution >= 4 is 27.7 Å². The van der Waals surface area contributed by atoms with Gasteiger partial charge in [-0.1, -0.05) is 6.07 Å². The molecule has 0 spiro atoms. The van der Waals surface area contributed by atoms with Gasteiger partial charge in [-0.05, 0) is 44.0 Å². The number of piperazine rings is 1. The predicted octanol–water partition coefficient (Wildman–Crippen LogP) is 1.37. The Morgan fingerprint density at radius 3 is 2.04 bits per heavy atom. The number of aryl methyl sites for hydroxylation is 2. The molecule has 27 heavy (non-hydrogen) atoms. The molecule has 150 valence electrons. The molecule has 0 aromatic heterocycles. The third-order valence-electron chi connectivity index (χ3n) is 4.33. The lowest BCUT2D eigenvalue weighted by Crippen LogP contribution is -2.53. The summed E-state index contributed by atoms with van der Waals surface area (Å²) in [5.41, 5.74) is 2.33. The van der Waals surface area contributed by atoms with Crippen molar-refractivity contribution in [3.63, 3.8) is 0 Å². The molecule has 0 aliphatic carbocycles. The van der Waals surface area contributed by atoms with E-state index in [0.29, 0.717) is 38.5 Å². The van der Waals surface area contributed by atoms with Crippen LogP contribution in [-0.4, -0.2) is 75.8 Å². The van der Waals surface area contributed by atoms with Crippen LogP contribution in [0.15, 0.2) is 18.2 Å². The molecule has 9 heteroatoms. The third-order valence-corrected chi connectivity index (χ3v) is 5.47. The topological polar surface area (TPSA) is 87.2 Å². The minimum atomic E-state index is -3.62. The van der Waals surface area contributed by atoms with Gasteiger partial charge in [0.05, 0.1) is 18.6 Å². The first-order valence-corrected chi connectivity index (χ1v) is 10.7. The molecular weight excluding hydrogens is 370 g/mol. The fraction of sp³-hybridized carbons (Fsp3) is 0.556. The number of anilines is 1. The molecule has 1 heterocycles. The van der Waals surface area contributed by atoms with Gasteiger partial charge in [0.1, 0.15) is 6.54 Å². The maximum Gasteiger partial charge on any atom is 0.409 e. The predicted molar refractivity (Wildman–Crippen MR) is 103 cm³/mol. The van der Waals surface area contributed by atoms with Gasteiger partial charge in [0.15, 0.2) is 0 Å². The van der Waals surface area contributed by atoms with Gasteiger partial charge in [0.25, 0.3) is 0 Å². The smallest absolute Gasteiger partial charge is 0.409 e. The number of hydrogen-bond acceptors (Lipinski definition) is 5. The van der Waals surface area contributed by atoms with Gasteiger partial charge in [0, 0.05) is 26.2 Å². The molecule has 8 nitrogen and oxygen atoms in total. The van der Waals surface area contributed by atoms with E-state index in [1.165, 1.54) is 0 Å². The Hall–Kier alpha value is -2.29. The Balaban J connectivity index is 2.08. The van der Waals surface area contributed by atoms with Crippen molar-refractivity contribution in [3.05, 3.63) is 29.3 Å². The van der Waals surface area contributed by atoms with Gasteiger partial charge in [-0.3, -0.25) is 9.10 Å². The number of nitrogens with zero attached hydrogens (tertiary/aromatic N) is 3. The van der Waals surface area contributed by atoms with E-state index < -0.39 is 16.1 Å². The molecule has 1 aliphatic rings. The van der Waals surface area contributed by atoms with Crippen molar-refractivity contribution in [2.45, 2.75) is 20.8 Å². The summed E-state index contributed by atoms with van der Waals surface area (Å²) in [4.78, 5) is 27.6. The van der Waals surface area contributed by atoms with Crippen LogP contribution in [0.2, 0.25) is 0 Å². The molecule has 0 N–H and O–H groups in total. The van der Waals surface area contributed by atoms with E-state index in [4.69, 9.17) is 4.74 Å². The van der Waals surface area contributed by atoms with Crippen LogP contribution < -0.4 is 4.31 Å². The first-order valence-electron chi connectivity index (χ1n) is 8.87. The van der Waals surface area contributed by atoms with Crippen LogP contribution in [0.25, 0.3) is 0 Å². The Kier molecular flexibility index (Phi) is 6.69. The quantitative estimate of drug-likeness (QED) is 0.749. The highest BCUT2D eigenvalue weighted by Gasteiger charge is 2.28. The Morgan fingerprint density at radius 2 is 1.56 bits per heavy atom. The van der Waals surface area contributed by atoms with E-state index >= 15 is 0 Å². The van der Waals surface area contributed by atoms with Gasteiger partial charge in [-0.25, -0.2) is 13.2 Å². The average molecular weight is 397 g/mol. The van der Waals surface area contributed by atoms with Crippen LogP contribution in [-0.2, 0) is 19.6 Å². The Morgan fingerprint density at radius 1 is 1.04 bits per heavy atom. The summed E-state index contributed by atoms with van der Waals surface area (Å²) in [6.07, 6.45) is 0.703. The Bertz CT molecular complexity index is 781. The zero-order valence-electron chi connectivity index (χ0n) is 16.3. The molecule has 0 radical (unpaired) electrons. The standard InChI is InChI=1S/C18H27N3O5S/c1-5-26-18(23)20-8-6-19(7-9-20)17(22)13-21(27(4,24)25)16-11-14(2)10-15(3)12-16/h10-12H,5-9,13H2,1-4H3. The first-order chi connectivity index (χ1) is 12.6. The first kappa shape index (κ1) is 21.0. The van der Waals surface area contributed by atoms with Crippen molar-refractivity contribution in [1.29, 1.82) is 0 Å². The monoisotopic (exact) mass is 397 g/mol. The lowest BCUT2D eigenvalue weighted by molar-refractivity contribution is -0.131. The van der Waals surface area contributed by atoms with E-state index in [-0.39, 0.29) is 12.5 Å². The van der Waals surface area contributed by atoms with Crippen LogP contribution in [0.3, 0.4) is 0 Å². The van der Waals surface area contributed by atoms with E-state index in [0.717, 1.165) is 21.7 Å². The van der Waals surface area contributed by atoms with Gasteiger partial charge in [0.2, 0.25) is 15.9 Å². The van der Waals surface area contributed by atoms with Crippen LogP contribution in [0.1, 0.15) is 18.1 Å². The van der Waals surface area contributed by atoms with Crippen LogP contribution >= 0.6 is 0 Å². The number of carbonyl (C=O) groups excluding carboxylic acids is 2. The second-order valence-electron chi connectivity index (χ2n) is 6.68. The molecular formula is C18H27N3O5S. The van der Waals surface area contributed by atoms with E-state index in [1.54, 1.807) is 28.9 Å². The SMILES string of the molecule is CCOC(=O)N1CCN(C(=O)CN(c2cc(C)cc(C)c2)S(C)(=O)=O)CC1. The summed E-state index contributed by atoms with van der Waals surface area (Å²) in [5.74, 6) is -0.289. The molecule has 1 saturated heterocycles. The van der Waals surface area contributed by atoms with Crippen molar-refractivity contribution in [2.75, 3.05) is 49.9 Å². The normalized spacial score (nSPS) is 14.8. The maximum atomic E-state index is 12.7. The molecule has 0 bridgehead atoms. The molecule has 1 aromatic carbocycles. The van der Waals surface area contributed by atoms with Crippen LogP contribution in [0.5, 0.6) is 0 Å². The van der Waals surface area contributed by atoms with Gasteiger partial charge >= 0.3 is 6.09 Å². The summed E-state index contributed by atoms with van der Waals surface area (Å²) >= 11 is 0. The zero-order chi connectivity index (χ0) is 20.2. The highest BCUT2D eigenvalue weighted by molar-refractivity contribution is 7.92. The lowest BCUT2D eigenvalue weighted by Gasteiger charge is -2.35. The van der Waals surface area contributed by atoms with E-state index in [9.17, 15) is 18.0 Å². The highest BCUT2D eigenvalue weighted by Crippen LogP contribution is 2.21. The second-order valence-corrected chi connectivity index (χ2v) is 8.59. The summed E-state index contributed by atoms with van der Waals surface area (Å²) in [6, 6.07) is 5.44. The minimum absolute atomic E-state index is 0.263. The van der Waals surface area contributed by atoms with Crippen molar-refractivity contribution in [3.8, 4) is 0 Å². The number of amides is 2. The van der Waals surface area contributed by atoms with Gasteiger partial charge in [-0.15, -0.1) is 0 Å². The Labute approximate surface area is 160 Å². The molecule has 0 unspecified atom stereocenters. The van der Waals surface area contributed by atoms with Crippen molar-refractivity contribution in [1.82, 2.24) is 9.80 Å². The number of ether oxygens (including phenoxy) is 1. The third kappa shape index (κ3) is 5.59. The van der Waals surface area contributed by atoms with Crippen molar-refractivity contribution < 1.29 is 22.7 Å². The van der Waals surface area contributed by atoms with Crippen LogP contribution in [0, 0.1) is 13.8 Å². The lowest BCUT2D eigenvalue weighted by atomic mass is 10.1. The molecule has 1 aromatic rings. The molecule has 1 fully saturated rings. The zero-order valence-corrected chi connectivity index (χ0v) is 17.1. The number of sulfonamides is 1. The second kappa shape index (κ2) is 8.60. The number of rotatable bonds is 5. The highest BCUT2D eigenvalue weighted by atomic mass is 32.2. The molecule has 1 aliphatic heterocycles. The summed E-state index contributed by atoms with van der Waals surface area (Å²) in [5, 5.41) is 0. The van der Waals surface area contributed by atoms with E-state index in [2.05, 4.69) is 0 Å². The van der Waals surface area contributed by atoms with E-state index in [1.807, 2.05) is 19.9 Å². The molecule has 2 rings (SSSR count). The fourth-order valence-corrected chi connectivity index (χ4v) is 3.90. The van der Waals surface area contributed by atoms with Crippen molar-refractivity contribution in [2.24, 2.45) is 0 Å².